The third-order valence-corrected chi connectivity index (χ3v) is 4.30. The van der Waals surface area contributed by atoms with Gasteiger partial charge in [-0.2, -0.15) is 0 Å². The van der Waals surface area contributed by atoms with Crippen LogP contribution in [0.4, 0.5) is 0 Å². The standard InChI is InChI=1S/C22H29NO2/c1-4-18-11-13-20(14-12-18)25-21(5-2)22(24)23-15-7-10-19-9-6-8-17(3)16-19/h6,8-9,11-14,16,21H,4-5,7,10,15H2,1-3H3,(H,23,24)/t21-/m0/s1. The first kappa shape index (κ1) is 19.0. The SMILES string of the molecule is CCc1ccc(O[C@@H](CC)C(=O)NCCCc2cccc(C)c2)cc1. The molecule has 2 aromatic rings. The van der Waals surface area contributed by atoms with Gasteiger partial charge in [-0.15, -0.1) is 0 Å². The lowest BCUT2D eigenvalue weighted by atomic mass is 10.1. The Kier molecular flexibility index (Phi) is 7.52. The van der Waals surface area contributed by atoms with Crippen molar-refractivity contribution in [2.24, 2.45) is 0 Å². The number of carbonyl (C=O) groups is 1. The van der Waals surface area contributed by atoms with Crippen LogP contribution in [0.1, 0.15) is 43.4 Å². The van der Waals surface area contributed by atoms with E-state index in [0.29, 0.717) is 13.0 Å². The second-order valence-corrected chi connectivity index (χ2v) is 6.40. The molecule has 0 fully saturated rings. The van der Waals surface area contributed by atoms with Crippen LogP contribution in [-0.4, -0.2) is 18.6 Å². The molecular formula is C22H29NO2. The number of rotatable bonds is 9. The number of carbonyl (C=O) groups excluding carboxylic acids is 1. The summed E-state index contributed by atoms with van der Waals surface area (Å²) >= 11 is 0. The van der Waals surface area contributed by atoms with Crippen LogP contribution in [0, 0.1) is 6.92 Å². The largest absolute Gasteiger partial charge is 0.481 e. The van der Waals surface area contributed by atoms with Crippen molar-refractivity contribution in [1.29, 1.82) is 0 Å². The van der Waals surface area contributed by atoms with Crippen LogP contribution in [0.15, 0.2) is 48.5 Å². The highest BCUT2D eigenvalue weighted by atomic mass is 16.5. The first-order valence-corrected chi connectivity index (χ1v) is 9.21. The van der Waals surface area contributed by atoms with Gasteiger partial charge in [0.1, 0.15) is 5.75 Å². The Balaban J connectivity index is 1.77. The zero-order valence-corrected chi connectivity index (χ0v) is 15.5. The lowest BCUT2D eigenvalue weighted by Crippen LogP contribution is -2.38. The molecule has 0 heterocycles. The maximum atomic E-state index is 12.3. The molecule has 134 valence electrons. The number of hydrogen-bond acceptors (Lipinski definition) is 2. The molecule has 0 aliphatic heterocycles. The molecule has 25 heavy (non-hydrogen) atoms. The van der Waals surface area contributed by atoms with Crippen LogP contribution in [0.25, 0.3) is 0 Å². The predicted molar refractivity (Wildman–Crippen MR) is 103 cm³/mol. The van der Waals surface area contributed by atoms with E-state index in [0.717, 1.165) is 25.0 Å². The van der Waals surface area contributed by atoms with Gasteiger partial charge in [-0.05, 0) is 55.9 Å². The lowest BCUT2D eigenvalue weighted by Gasteiger charge is -2.17. The minimum Gasteiger partial charge on any atom is -0.481 e. The van der Waals surface area contributed by atoms with E-state index in [1.807, 2.05) is 31.2 Å². The molecule has 0 saturated heterocycles. The molecule has 0 aliphatic carbocycles. The zero-order chi connectivity index (χ0) is 18.1. The van der Waals surface area contributed by atoms with E-state index >= 15 is 0 Å². The number of hydrogen-bond donors (Lipinski definition) is 1. The minimum atomic E-state index is -0.438. The first-order chi connectivity index (χ1) is 12.1. The molecule has 1 atom stereocenters. The molecule has 0 unspecified atom stereocenters. The molecular weight excluding hydrogens is 310 g/mol. The molecule has 0 aliphatic rings. The van der Waals surface area contributed by atoms with Crippen LogP contribution < -0.4 is 10.1 Å². The summed E-state index contributed by atoms with van der Waals surface area (Å²) in [5.41, 5.74) is 3.85. The number of aryl methyl sites for hydroxylation is 3. The molecule has 0 bridgehead atoms. The third kappa shape index (κ3) is 6.26. The van der Waals surface area contributed by atoms with Crippen molar-refractivity contribution in [3.63, 3.8) is 0 Å². The molecule has 1 amide bonds. The molecule has 0 spiro atoms. The van der Waals surface area contributed by atoms with E-state index < -0.39 is 6.10 Å². The second kappa shape index (κ2) is 9.87. The van der Waals surface area contributed by atoms with Crippen molar-refractivity contribution in [3.05, 3.63) is 65.2 Å². The van der Waals surface area contributed by atoms with Gasteiger partial charge in [0.15, 0.2) is 6.10 Å². The van der Waals surface area contributed by atoms with Gasteiger partial charge < -0.3 is 10.1 Å². The zero-order valence-electron chi connectivity index (χ0n) is 15.5. The maximum absolute atomic E-state index is 12.3. The summed E-state index contributed by atoms with van der Waals surface area (Å²) in [5, 5.41) is 3.00. The normalized spacial score (nSPS) is 11.8. The fourth-order valence-electron chi connectivity index (χ4n) is 2.78. The summed E-state index contributed by atoms with van der Waals surface area (Å²) in [6.07, 6.45) is 3.11. The quantitative estimate of drug-likeness (QED) is 0.685. The number of ether oxygens (including phenoxy) is 1. The summed E-state index contributed by atoms with van der Waals surface area (Å²) in [7, 11) is 0. The van der Waals surface area contributed by atoms with Crippen molar-refractivity contribution in [3.8, 4) is 5.75 Å². The average molecular weight is 339 g/mol. The lowest BCUT2D eigenvalue weighted by molar-refractivity contribution is -0.128. The average Bonchev–Trinajstić information content (AvgIpc) is 2.63. The first-order valence-electron chi connectivity index (χ1n) is 9.21. The molecule has 2 aromatic carbocycles. The van der Waals surface area contributed by atoms with E-state index in [2.05, 4.69) is 43.4 Å². The van der Waals surface area contributed by atoms with E-state index in [1.54, 1.807) is 0 Å². The van der Waals surface area contributed by atoms with Gasteiger partial charge in [-0.1, -0.05) is 55.8 Å². The topological polar surface area (TPSA) is 38.3 Å². The molecule has 1 N–H and O–H groups in total. The third-order valence-electron chi connectivity index (χ3n) is 4.30. The second-order valence-electron chi connectivity index (χ2n) is 6.40. The van der Waals surface area contributed by atoms with Gasteiger partial charge in [-0.25, -0.2) is 0 Å². The fraction of sp³-hybridized carbons (Fsp3) is 0.409. The highest BCUT2D eigenvalue weighted by molar-refractivity contribution is 5.81. The van der Waals surface area contributed by atoms with Crippen molar-refractivity contribution < 1.29 is 9.53 Å². The van der Waals surface area contributed by atoms with Gasteiger partial charge in [0, 0.05) is 6.54 Å². The van der Waals surface area contributed by atoms with Crippen molar-refractivity contribution in [1.82, 2.24) is 5.32 Å². The minimum absolute atomic E-state index is 0.0358. The summed E-state index contributed by atoms with van der Waals surface area (Å²) in [6, 6.07) is 16.5. The Morgan fingerprint density at radius 3 is 2.48 bits per heavy atom. The summed E-state index contributed by atoms with van der Waals surface area (Å²) in [4.78, 5) is 12.3. The fourth-order valence-corrected chi connectivity index (χ4v) is 2.78. The predicted octanol–water partition coefficient (Wildman–Crippen LogP) is 4.46. The van der Waals surface area contributed by atoms with Crippen molar-refractivity contribution >= 4 is 5.91 Å². The van der Waals surface area contributed by atoms with Gasteiger partial charge in [-0.3, -0.25) is 4.79 Å². The van der Waals surface area contributed by atoms with E-state index in [4.69, 9.17) is 4.74 Å². The summed E-state index contributed by atoms with van der Waals surface area (Å²) < 4.78 is 5.84. The highest BCUT2D eigenvalue weighted by Gasteiger charge is 2.17. The van der Waals surface area contributed by atoms with Crippen LogP contribution >= 0.6 is 0 Å². The van der Waals surface area contributed by atoms with E-state index in [9.17, 15) is 4.79 Å². The molecule has 0 aromatic heterocycles. The number of nitrogens with one attached hydrogen (secondary N) is 1. The Labute approximate surface area is 151 Å². The monoisotopic (exact) mass is 339 g/mol. The van der Waals surface area contributed by atoms with E-state index in [-0.39, 0.29) is 5.91 Å². The van der Waals surface area contributed by atoms with Gasteiger partial charge >= 0.3 is 0 Å². The Bertz CT molecular complexity index is 664. The molecule has 0 radical (unpaired) electrons. The Morgan fingerprint density at radius 2 is 1.84 bits per heavy atom. The van der Waals surface area contributed by atoms with Gasteiger partial charge in [0.25, 0.3) is 5.91 Å². The van der Waals surface area contributed by atoms with Crippen LogP contribution in [0.3, 0.4) is 0 Å². The molecule has 2 rings (SSSR count). The van der Waals surface area contributed by atoms with Crippen molar-refractivity contribution in [2.75, 3.05) is 6.54 Å². The van der Waals surface area contributed by atoms with Gasteiger partial charge in [0.2, 0.25) is 0 Å². The summed E-state index contributed by atoms with van der Waals surface area (Å²) in [5.74, 6) is 0.713. The van der Waals surface area contributed by atoms with E-state index in [1.165, 1.54) is 16.7 Å². The smallest absolute Gasteiger partial charge is 0.261 e. The Hall–Kier alpha value is -2.29. The van der Waals surface area contributed by atoms with Crippen molar-refractivity contribution in [2.45, 2.75) is 52.6 Å². The number of benzene rings is 2. The molecule has 0 saturated carbocycles. The van der Waals surface area contributed by atoms with Gasteiger partial charge in [0.05, 0.1) is 0 Å². The highest BCUT2D eigenvalue weighted by Crippen LogP contribution is 2.15. The summed E-state index contributed by atoms with van der Waals surface area (Å²) in [6.45, 7) is 6.86. The van der Waals surface area contributed by atoms with Crippen LogP contribution in [0.2, 0.25) is 0 Å². The Morgan fingerprint density at radius 1 is 1.08 bits per heavy atom. The molecule has 3 nitrogen and oxygen atoms in total. The number of amides is 1. The van der Waals surface area contributed by atoms with Crippen LogP contribution in [-0.2, 0) is 17.6 Å². The maximum Gasteiger partial charge on any atom is 0.261 e. The van der Waals surface area contributed by atoms with Crippen LogP contribution in [0.5, 0.6) is 5.75 Å². The molecule has 3 heteroatoms.